The summed E-state index contributed by atoms with van der Waals surface area (Å²) < 4.78 is 26.1. The summed E-state index contributed by atoms with van der Waals surface area (Å²) in [5, 5.41) is 13.3. The quantitative estimate of drug-likeness (QED) is 0.715. The van der Waals surface area contributed by atoms with E-state index in [-0.39, 0.29) is 29.6 Å². The average Bonchev–Trinajstić information content (AvgIpc) is 2.96. The maximum atomic E-state index is 13.2. The van der Waals surface area contributed by atoms with E-state index in [1.807, 2.05) is 0 Å². The SMILES string of the molecule is Fc1ccc(-c2cc(-c3nn[nH]n3)ncn2)cc1F.[Na]. The summed E-state index contributed by atoms with van der Waals surface area (Å²) >= 11 is 0. The predicted octanol–water partition coefficient (Wildman–Crippen LogP) is 1.22. The van der Waals surface area contributed by atoms with Gasteiger partial charge in [0.25, 0.3) is 0 Å². The van der Waals surface area contributed by atoms with Gasteiger partial charge in [-0.1, -0.05) is 0 Å². The van der Waals surface area contributed by atoms with Crippen molar-refractivity contribution in [3.05, 3.63) is 42.2 Å². The molecule has 0 aliphatic heterocycles. The van der Waals surface area contributed by atoms with Gasteiger partial charge in [-0.05, 0) is 29.5 Å². The van der Waals surface area contributed by atoms with Gasteiger partial charge in [0.1, 0.15) is 12.0 Å². The predicted molar refractivity (Wildman–Crippen MR) is 66.3 cm³/mol. The van der Waals surface area contributed by atoms with Crippen molar-refractivity contribution in [3.8, 4) is 22.8 Å². The summed E-state index contributed by atoms with van der Waals surface area (Å²) in [6.07, 6.45) is 1.29. The summed E-state index contributed by atoms with van der Waals surface area (Å²) in [5.41, 5.74) is 1.31. The van der Waals surface area contributed by atoms with Crippen LogP contribution in [0.25, 0.3) is 22.8 Å². The topological polar surface area (TPSA) is 80.2 Å². The number of H-pyrrole nitrogens is 1. The van der Waals surface area contributed by atoms with Gasteiger partial charge < -0.3 is 0 Å². The molecule has 1 radical (unpaired) electrons. The molecule has 0 bridgehead atoms. The number of benzene rings is 1. The van der Waals surface area contributed by atoms with Gasteiger partial charge in [0, 0.05) is 35.1 Å². The number of tetrazole rings is 1. The third-order valence-corrected chi connectivity index (χ3v) is 2.46. The van der Waals surface area contributed by atoms with Gasteiger partial charge in [0.15, 0.2) is 11.6 Å². The first-order valence-electron chi connectivity index (χ1n) is 5.25. The molecule has 1 N–H and O–H groups in total. The third-order valence-electron chi connectivity index (χ3n) is 2.46. The fourth-order valence-corrected chi connectivity index (χ4v) is 1.56. The molecular weight excluding hydrogens is 277 g/mol. The largest absolute Gasteiger partial charge is 0.236 e. The Hall–Kier alpha value is -1.77. The van der Waals surface area contributed by atoms with Gasteiger partial charge in [-0.15, -0.1) is 10.2 Å². The van der Waals surface area contributed by atoms with Crippen molar-refractivity contribution < 1.29 is 8.78 Å². The number of nitrogens with one attached hydrogen (secondary N) is 1. The van der Waals surface area contributed by atoms with E-state index in [4.69, 9.17) is 0 Å². The first-order chi connectivity index (χ1) is 9.24. The molecule has 9 heteroatoms. The summed E-state index contributed by atoms with van der Waals surface area (Å²) in [4.78, 5) is 7.99. The van der Waals surface area contributed by atoms with Gasteiger partial charge in [0.2, 0.25) is 5.82 Å². The molecule has 0 aliphatic carbocycles. The Labute approximate surface area is 134 Å². The van der Waals surface area contributed by atoms with Crippen molar-refractivity contribution in [2.45, 2.75) is 0 Å². The maximum absolute atomic E-state index is 13.2. The number of aromatic nitrogens is 6. The van der Waals surface area contributed by atoms with E-state index in [2.05, 4.69) is 30.6 Å². The normalized spacial score (nSPS) is 10.1. The number of hydrogen-bond acceptors (Lipinski definition) is 5. The zero-order chi connectivity index (χ0) is 13.2. The van der Waals surface area contributed by atoms with Crippen LogP contribution in [0.4, 0.5) is 8.78 Å². The minimum absolute atomic E-state index is 0. The summed E-state index contributed by atoms with van der Waals surface area (Å²) in [7, 11) is 0. The monoisotopic (exact) mass is 283 g/mol. The molecule has 20 heavy (non-hydrogen) atoms. The number of halogens is 2. The van der Waals surface area contributed by atoms with Gasteiger partial charge in [-0.3, -0.25) is 0 Å². The smallest absolute Gasteiger partial charge is 0.223 e. The van der Waals surface area contributed by atoms with Crippen molar-refractivity contribution >= 4 is 29.6 Å². The first-order valence-corrected chi connectivity index (χ1v) is 5.25. The summed E-state index contributed by atoms with van der Waals surface area (Å²) in [6, 6.07) is 5.11. The van der Waals surface area contributed by atoms with Crippen LogP contribution >= 0.6 is 0 Å². The van der Waals surface area contributed by atoms with Crippen LogP contribution in [0, 0.1) is 11.6 Å². The second-order valence-electron chi connectivity index (χ2n) is 3.65. The minimum Gasteiger partial charge on any atom is -0.236 e. The summed E-state index contributed by atoms with van der Waals surface area (Å²) in [5.74, 6) is -1.54. The molecule has 0 saturated heterocycles. The van der Waals surface area contributed by atoms with E-state index >= 15 is 0 Å². The fourth-order valence-electron chi connectivity index (χ4n) is 1.56. The Bertz CT molecular complexity index is 719. The van der Waals surface area contributed by atoms with E-state index in [9.17, 15) is 8.78 Å². The fraction of sp³-hybridized carbons (Fsp3) is 0. The van der Waals surface area contributed by atoms with Crippen molar-refractivity contribution in [2.24, 2.45) is 0 Å². The third kappa shape index (κ3) is 2.87. The Morgan fingerprint density at radius 3 is 2.45 bits per heavy atom. The molecule has 6 nitrogen and oxygen atoms in total. The molecular formula is C11H6F2N6Na. The van der Waals surface area contributed by atoms with E-state index in [0.29, 0.717) is 22.8 Å². The molecule has 0 fully saturated rings. The molecule has 2 heterocycles. The molecule has 0 amide bonds. The van der Waals surface area contributed by atoms with Crippen molar-refractivity contribution in [3.63, 3.8) is 0 Å². The number of nitrogens with zero attached hydrogens (tertiary/aromatic N) is 5. The molecule has 3 aromatic rings. The number of rotatable bonds is 2. The van der Waals surface area contributed by atoms with E-state index in [0.717, 1.165) is 12.1 Å². The van der Waals surface area contributed by atoms with Crippen LogP contribution < -0.4 is 0 Å². The van der Waals surface area contributed by atoms with Crippen molar-refractivity contribution in [2.75, 3.05) is 0 Å². The van der Waals surface area contributed by atoms with E-state index in [1.54, 1.807) is 6.07 Å². The Kier molecular flexibility index (Phi) is 4.48. The van der Waals surface area contributed by atoms with Crippen LogP contribution in [0.2, 0.25) is 0 Å². The van der Waals surface area contributed by atoms with Gasteiger partial charge in [-0.25, -0.2) is 18.7 Å². The van der Waals surface area contributed by atoms with Crippen LogP contribution in [0.15, 0.2) is 30.6 Å². The van der Waals surface area contributed by atoms with Gasteiger partial charge in [-0.2, -0.15) is 5.21 Å². The van der Waals surface area contributed by atoms with Crippen LogP contribution in [-0.4, -0.2) is 60.1 Å². The zero-order valence-electron chi connectivity index (χ0n) is 10.4. The van der Waals surface area contributed by atoms with E-state index < -0.39 is 11.6 Å². The first kappa shape index (κ1) is 14.6. The molecule has 0 aliphatic rings. The number of hydrogen-bond donors (Lipinski definition) is 1. The Morgan fingerprint density at radius 2 is 1.75 bits per heavy atom. The molecule has 1 aromatic carbocycles. The summed E-state index contributed by atoms with van der Waals surface area (Å²) in [6.45, 7) is 0. The second-order valence-corrected chi connectivity index (χ2v) is 3.65. The van der Waals surface area contributed by atoms with Crippen LogP contribution in [-0.2, 0) is 0 Å². The van der Waals surface area contributed by atoms with E-state index in [1.165, 1.54) is 12.4 Å². The molecule has 0 spiro atoms. The van der Waals surface area contributed by atoms with Crippen LogP contribution in [0.5, 0.6) is 0 Å². The van der Waals surface area contributed by atoms with Crippen LogP contribution in [0.1, 0.15) is 0 Å². The zero-order valence-corrected chi connectivity index (χ0v) is 12.4. The molecule has 2 aromatic heterocycles. The molecule has 3 rings (SSSR count). The maximum Gasteiger partial charge on any atom is 0.223 e. The van der Waals surface area contributed by atoms with Crippen molar-refractivity contribution in [1.82, 2.24) is 30.6 Å². The standard InChI is InChI=1S/C11H6F2N6.Na/c12-7-2-1-6(3-8(7)13)9-4-10(15-5-14-9)11-16-18-19-17-11;/h1-5H,(H,16,17,18,19);. The van der Waals surface area contributed by atoms with Gasteiger partial charge >= 0.3 is 0 Å². The van der Waals surface area contributed by atoms with Gasteiger partial charge in [0.05, 0.1) is 5.69 Å². The molecule has 0 unspecified atom stereocenters. The number of aromatic amines is 1. The second kappa shape index (κ2) is 6.12. The Morgan fingerprint density at radius 1 is 0.950 bits per heavy atom. The molecule has 95 valence electrons. The Balaban J connectivity index is 0.00000147. The van der Waals surface area contributed by atoms with Crippen molar-refractivity contribution in [1.29, 1.82) is 0 Å². The molecule has 0 saturated carbocycles. The van der Waals surface area contributed by atoms with Crippen LogP contribution in [0.3, 0.4) is 0 Å². The average molecular weight is 283 g/mol. The minimum atomic E-state index is -0.933. The molecule has 0 atom stereocenters.